The second-order valence-electron chi connectivity index (χ2n) is 7.37. The van der Waals surface area contributed by atoms with E-state index < -0.39 is 0 Å². The standard InChI is InChI=1S/C23H26N4O2S/c1-26-11-13-27(14-12-26)21-6-4-3-5-18(21)15-24-22(28)20-16-30-23(25-20)17-7-9-19(29-2)10-8-17/h3-10,16H,11-15H2,1-2H3,(H,24,28). The molecule has 0 atom stereocenters. The van der Waals surface area contributed by atoms with Gasteiger partial charge in [0.15, 0.2) is 0 Å². The Morgan fingerprint density at radius 2 is 1.83 bits per heavy atom. The van der Waals surface area contributed by atoms with Crippen molar-refractivity contribution in [3.63, 3.8) is 0 Å². The number of amides is 1. The fraction of sp³-hybridized carbons (Fsp3) is 0.304. The lowest BCUT2D eigenvalue weighted by molar-refractivity contribution is 0.0946. The molecule has 2 heterocycles. The summed E-state index contributed by atoms with van der Waals surface area (Å²) in [6.45, 7) is 4.58. The number of carbonyl (C=O) groups is 1. The first-order valence-electron chi connectivity index (χ1n) is 10.0. The summed E-state index contributed by atoms with van der Waals surface area (Å²) in [5, 5.41) is 5.66. The molecule has 1 aromatic heterocycles. The third-order valence-corrected chi connectivity index (χ3v) is 6.24. The van der Waals surface area contributed by atoms with Gasteiger partial charge < -0.3 is 19.9 Å². The number of aromatic nitrogens is 1. The number of anilines is 1. The molecule has 4 rings (SSSR count). The third-order valence-electron chi connectivity index (χ3n) is 5.35. The van der Waals surface area contributed by atoms with Gasteiger partial charge in [0.1, 0.15) is 16.5 Å². The molecular formula is C23H26N4O2S. The van der Waals surface area contributed by atoms with Gasteiger partial charge in [0.25, 0.3) is 5.91 Å². The van der Waals surface area contributed by atoms with Gasteiger partial charge in [0.05, 0.1) is 7.11 Å². The molecule has 0 spiro atoms. The van der Waals surface area contributed by atoms with Crippen molar-refractivity contribution in [2.75, 3.05) is 45.2 Å². The maximum absolute atomic E-state index is 12.7. The number of nitrogens with zero attached hydrogens (tertiary/aromatic N) is 3. The predicted molar refractivity (Wildman–Crippen MR) is 121 cm³/mol. The maximum Gasteiger partial charge on any atom is 0.271 e. The first kappa shape index (κ1) is 20.4. The van der Waals surface area contributed by atoms with Gasteiger partial charge in [0, 0.05) is 49.4 Å². The molecule has 0 saturated carbocycles. The molecule has 1 N–H and O–H groups in total. The number of benzene rings is 2. The third kappa shape index (κ3) is 4.63. The summed E-state index contributed by atoms with van der Waals surface area (Å²) in [5.41, 5.74) is 3.74. The molecule has 156 valence electrons. The maximum atomic E-state index is 12.7. The van der Waals surface area contributed by atoms with Crippen LogP contribution in [0.4, 0.5) is 5.69 Å². The SMILES string of the molecule is COc1ccc(-c2nc(C(=O)NCc3ccccc3N3CCN(C)CC3)cs2)cc1. The predicted octanol–water partition coefficient (Wildman–Crippen LogP) is 3.50. The van der Waals surface area contributed by atoms with E-state index in [1.54, 1.807) is 12.5 Å². The highest BCUT2D eigenvalue weighted by molar-refractivity contribution is 7.13. The molecule has 1 aliphatic rings. The van der Waals surface area contributed by atoms with Crippen LogP contribution in [0.3, 0.4) is 0 Å². The van der Waals surface area contributed by atoms with Crippen molar-refractivity contribution in [2.24, 2.45) is 0 Å². The topological polar surface area (TPSA) is 57.7 Å². The average Bonchev–Trinajstić information content (AvgIpc) is 3.29. The summed E-state index contributed by atoms with van der Waals surface area (Å²) >= 11 is 1.47. The fourth-order valence-corrected chi connectivity index (χ4v) is 4.33. The summed E-state index contributed by atoms with van der Waals surface area (Å²) < 4.78 is 5.19. The summed E-state index contributed by atoms with van der Waals surface area (Å²) in [5.74, 6) is 0.645. The highest BCUT2D eigenvalue weighted by atomic mass is 32.1. The number of methoxy groups -OCH3 is 1. The number of likely N-dealkylation sites (N-methyl/N-ethyl adjacent to an activating group) is 1. The van der Waals surface area contributed by atoms with Crippen molar-refractivity contribution < 1.29 is 9.53 Å². The minimum atomic E-state index is -0.154. The van der Waals surface area contributed by atoms with Crippen molar-refractivity contribution in [1.82, 2.24) is 15.2 Å². The van der Waals surface area contributed by atoms with Gasteiger partial charge in [-0.25, -0.2) is 4.98 Å². The van der Waals surface area contributed by atoms with Crippen LogP contribution in [0.15, 0.2) is 53.9 Å². The monoisotopic (exact) mass is 422 g/mol. The Balaban J connectivity index is 1.41. The van der Waals surface area contributed by atoms with E-state index in [9.17, 15) is 4.79 Å². The van der Waals surface area contributed by atoms with Crippen molar-refractivity contribution >= 4 is 22.9 Å². The van der Waals surface area contributed by atoms with Gasteiger partial charge in [-0.2, -0.15) is 0 Å². The van der Waals surface area contributed by atoms with E-state index >= 15 is 0 Å². The van der Waals surface area contributed by atoms with Crippen LogP contribution in [-0.2, 0) is 6.54 Å². The number of thiazole rings is 1. The van der Waals surface area contributed by atoms with Crippen molar-refractivity contribution in [2.45, 2.75) is 6.54 Å². The first-order chi connectivity index (χ1) is 14.6. The van der Waals surface area contributed by atoms with Gasteiger partial charge in [-0.15, -0.1) is 11.3 Å². The van der Waals surface area contributed by atoms with Crippen LogP contribution in [0.25, 0.3) is 10.6 Å². The Morgan fingerprint density at radius 3 is 2.57 bits per heavy atom. The summed E-state index contributed by atoms with van der Waals surface area (Å²) in [6, 6.07) is 16.0. The van der Waals surface area contributed by atoms with Crippen molar-refractivity contribution in [1.29, 1.82) is 0 Å². The number of piperazine rings is 1. The zero-order valence-electron chi connectivity index (χ0n) is 17.3. The van der Waals surface area contributed by atoms with Crippen LogP contribution in [0.5, 0.6) is 5.75 Å². The lowest BCUT2D eigenvalue weighted by Gasteiger charge is -2.35. The van der Waals surface area contributed by atoms with E-state index in [4.69, 9.17) is 4.74 Å². The van der Waals surface area contributed by atoms with E-state index in [-0.39, 0.29) is 5.91 Å². The molecule has 1 aliphatic heterocycles. The lowest BCUT2D eigenvalue weighted by Crippen LogP contribution is -2.45. The molecule has 2 aromatic carbocycles. The second kappa shape index (κ2) is 9.28. The van der Waals surface area contributed by atoms with E-state index in [2.05, 4.69) is 45.3 Å². The molecule has 0 radical (unpaired) electrons. The molecule has 0 bridgehead atoms. The lowest BCUT2D eigenvalue weighted by atomic mass is 10.1. The van der Waals surface area contributed by atoms with Gasteiger partial charge in [-0.05, 0) is 42.9 Å². The Labute approximate surface area is 181 Å². The average molecular weight is 423 g/mol. The van der Waals surface area contributed by atoms with Crippen LogP contribution >= 0.6 is 11.3 Å². The molecule has 1 fully saturated rings. The normalized spacial score (nSPS) is 14.5. The second-order valence-corrected chi connectivity index (χ2v) is 8.23. The molecule has 7 heteroatoms. The number of nitrogens with one attached hydrogen (secondary N) is 1. The molecule has 6 nitrogen and oxygen atoms in total. The molecule has 1 saturated heterocycles. The molecule has 0 unspecified atom stereocenters. The summed E-state index contributed by atoms with van der Waals surface area (Å²) in [7, 11) is 3.79. The van der Waals surface area contributed by atoms with Gasteiger partial charge in [-0.3, -0.25) is 4.79 Å². The van der Waals surface area contributed by atoms with Gasteiger partial charge >= 0.3 is 0 Å². The van der Waals surface area contributed by atoms with E-state index in [1.165, 1.54) is 17.0 Å². The van der Waals surface area contributed by atoms with Crippen LogP contribution in [0, 0.1) is 0 Å². The Morgan fingerprint density at radius 1 is 1.10 bits per heavy atom. The molecule has 3 aromatic rings. The Bertz CT molecular complexity index is 994. The largest absolute Gasteiger partial charge is 0.497 e. The number of carbonyl (C=O) groups excluding carboxylic acids is 1. The zero-order chi connectivity index (χ0) is 20.9. The van der Waals surface area contributed by atoms with Crippen LogP contribution in [-0.4, -0.2) is 56.1 Å². The molecule has 30 heavy (non-hydrogen) atoms. The number of hydrogen-bond acceptors (Lipinski definition) is 6. The van der Waals surface area contributed by atoms with E-state index in [0.717, 1.165) is 48.1 Å². The zero-order valence-corrected chi connectivity index (χ0v) is 18.1. The smallest absolute Gasteiger partial charge is 0.271 e. The molecule has 0 aliphatic carbocycles. The highest BCUT2D eigenvalue weighted by Gasteiger charge is 2.18. The Hall–Kier alpha value is -2.90. The van der Waals surface area contributed by atoms with Gasteiger partial charge in [0.2, 0.25) is 0 Å². The molecule has 1 amide bonds. The van der Waals surface area contributed by atoms with Crippen LogP contribution < -0.4 is 15.0 Å². The minimum absolute atomic E-state index is 0.154. The Kier molecular flexibility index (Phi) is 6.30. The summed E-state index contributed by atoms with van der Waals surface area (Å²) in [6.07, 6.45) is 0. The fourth-order valence-electron chi connectivity index (χ4n) is 3.53. The quantitative estimate of drug-likeness (QED) is 0.659. The van der Waals surface area contributed by atoms with Crippen LogP contribution in [0.1, 0.15) is 16.1 Å². The minimum Gasteiger partial charge on any atom is -0.497 e. The van der Waals surface area contributed by atoms with Crippen molar-refractivity contribution in [3.05, 3.63) is 65.2 Å². The van der Waals surface area contributed by atoms with Gasteiger partial charge in [-0.1, -0.05) is 18.2 Å². The number of rotatable bonds is 6. The van der Waals surface area contributed by atoms with Crippen LogP contribution in [0.2, 0.25) is 0 Å². The van der Waals surface area contributed by atoms with E-state index in [1.807, 2.05) is 30.3 Å². The van der Waals surface area contributed by atoms with E-state index in [0.29, 0.717) is 12.2 Å². The first-order valence-corrected chi connectivity index (χ1v) is 10.9. The number of ether oxygens (including phenoxy) is 1. The number of para-hydroxylation sites is 1. The molecular weight excluding hydrogens is 396 g/mol. The summed E-state index contributed by atoms with van der Waals surface area (Å²) in [4.78, 5) is 21.9. The van der Waals surface area contributed by atoms with Crippen molar-refractivity contribution in [3.8, 4) is 16.3 Å². The highest BCUT2D eigenvalue weighted by Crippen LogP contribution is 2.26. The number of hydrogen-bond donors (Lipinski definition) is 1.